The Morgan fingerprint density at radius 3 is 2.62 bits per heavy atom. The summed E-state index contributed by atoms with van der Waals surface area (Å²) < 4.78 is 40.0. The summed E-state index contributed by atoms with van der Waals surface area (Å²) in [5, 5.41) is 3.08. The monoisotopic (exact) mass is 302 g/mol. The van der Waals surface area contributed by atoms with Crippen molar-refractivity contribution in [2.45, 2.75) is 12.8 Å². The molecular formula is C14H17F3N2O2. The van der Waals surface area contributed by atoms with Gasteiger partial charge in [0, 0.05) is 18.7 Å². The third kappa shape index (κ3) is 4.35. The van der Waals surface area contributed by atoms with E-state index in [9.17, 15) is 18.0 Å². The Hall–Kier alpha value is -1.76. The van der Waals surface area contributed by atoms with Crippen LogP contribution < -0.4 is 10.1 Å². The average molecular weight is 302 g/mol. The van der Waals surface area contributed by atoms with Crippen molar-refractivity contribution in [3.8, 4) is 5.75 Å². The quantitative estimate of drug-likeness (QED) is 0.927. The van der Waals surface area contributed by atoms with E-state index in [1.807, 2.05) is 7.05 Å². The van der Waals surface area contributed by atoms with Gasteiger partial charge in [-0.05, 0) is 50.2 Å². The Morgan fingerprint density at radius 1 is 1.38 bits per heavy atom. The summed E-state index contributed by atoms with van der Waals surface area (Å²) in [6.07, 6.45) is -3.79. The fraction of sp³-hybridized carbons (Fsp3) is 0.500. The van der Waals surface area contributed by atoms with E-state index >= 15 is 0 Å². The van der Waals surface area contributed by atoms with Gasteiger partial charge >= 0.3 is 6.36 Å². The molecule has 0 aromatic heterocycles. The summed E-state index contributed by atoms with van der Waals surface area (Å²) in [6, 6.07) is 5.02. The van der Waals surface area contributed by atoms with Gasteiger partial charge in [-0.3, -0.25) is 4.79 Å². The van der Waals surface area contributed by atoms with Crippen molar-refractivity contribution in [3.63, 3.8) is 0 Å². The summed E-state index contributed by atoms with van der Waals surface area (Å²) in [6.45, 7) is 2.19. The fourth-order valence-corrected chi connectivity index (χ4v) is 2.45. The molecule has 116 valence electrons. The zero-order valence-electron chi connectivity index (χ0n) is 11.6. The molecular weight excluding hydrogens is 285 g/mol. The van der Waals surface area contributed by atoms with Crippen molar-refractivity contribution >= 4 is 5.91 Å². The molecule has 1 aliphatic heterocycles. The largest absolute Gasteiger partial charge is 0.573 e. The van der Waals surface area contributed by atoms with E-state index in [-0.39, 0.29) is 11.7 Å². The van der Waals surface area contributed by atoms with Gasteiger partial charge in [0.25, 0.3) is 5.91 Å². The zero-order chi connectivity index (χ0) is 15.5. The lowest BCUT2D eigenvalue weighted by Crippen LogP contribution is -2.30. The van der Waals surface area contributed by atoms with Crippen LogP contribution >= 0.6 is 0 Å². The Morgan fingerprint density at radius 2 is 2.05 bits per heavy atom. The predicted octanol–water partition coefficient (Wildman–Crippen LogP) is 2.27. The third-order valence-corrected chi connectivity index (χ3v) is 3.40. The summed E-state index contributed by atoms with van der Waals surface area (Å²) >= 11 is 0. The molecule has 1 aliphatic rings. The molecule has 4 nitrogen and oxygen atoms in total. The molecule has 21 heavy (non-hydrogen) atoms. The van der Waals surface area contributed by atoms with Crippen LogP contribution in [0.1, 0.15) is 16.8 Å². The molecule has 7 heteroatoms. The normalized spacial score (nSPS) is 18.9. The van der Waals surface area contributed by atoms with Gasteiger partial charge in [-0.25, -0.2) is 0 Å². The fourth-order valence-electron chi connectivity index (χ4n) is 2.45. The van der Waals surface area contributed by atoms with Gasteiger partial charge in [0.2, 0.25) is 0 Å². The van der Waals surface area contributed by atoms with Crippen molar-refractivity contribution in [1.82, 2.24) is 10.2 Å². The van der Waals surface area contributed by atoms with E-state index in [2.05, 4.69) is 10.1 Å². The van der Waals surface area contributed by atoms with Gasteiger partial charge < -0.3 is 15.0 Å². The number of carbonyl (C=O) groups is 1. The minimum absolute atomic E-state index is 0.160. The molecule has 1 fully saturated rings. The molecule has 1 atom stereocenters. The second-order valence-corrected chi connectivity index (χ2v) is 5.04. The SMILES string of the molecule is CNCC1CCN(C(=O)c2ccc(OC(F)(F)F)cc2)C1. The minimum atomic E-state index is -4.72. The van der Waals surface area contributed by atoms with Crippen molar-refractivity contribution in [1.29, 1.82) is 0 Å². The molecule has 0 saturated carbocycles. The van der Waals surface area contributed by atoms with Gasteiger partial charge in [0.15, 0.2) is 0 Å². The van der Waals surface area contributed by atoms with E-state index in [0.29, 0.717) is 24.6 Å². The lowest BCUT2D eigenvalue weighted by molar-refractivity contribution is -0.274. The summed E-state index contributed by atoms with van der Waals surface area (Å²) in [5.41, 5.74) is 0.370. The van der Waals surface area contributed by atoms with Gasteiger partial charge in [0.05, 0.1) is 0 Å². The molecule has 1 heterocycles. The number of hydrogen-bond donors (Lipinski definition) is 1. The van der Waals surface area contributed by atoms with Crippen LogP contribution in [0.25, 0.3) is 0 Å². The second kappa shape index (κ2) is 6.34. The first-order valence-corrected chi connectivity index (χ1v) is 6.69. The number of ether oxygens (including phenoxy) is 1. The molecule has 2 rings (SSSR count). The number of nitrogens with zero attached hydrogens (tertiary/aromatic N) is 1. The number of halogens is 3. The highest BCUT2D eigenvalue weighted by atomic mass is 19.4. The summed E-state index contributed by atoms with van der Waals surface area (Å²) in [4.78, 5) is 14.0. The van der Waals surface area contributed by atoms with E-state index in [4.69, 9.17) is 0 Å². The topological polar surface area (TPSA) is 41.6 Å². The maximum atomic E-state index is 12.2. The highest BCUT2D eigenvalue weighted by molar-refractivity contribution is 5.94. The molecule has 1 amide bonds. The number of nitrogens with one attached hydrogen (secondary N) is 1. The first-order chi connectivity index (χ1) is 9.89. The van der Waals surface area contributed by atoms with Crippen LogP contribution in [0.3, 0.4) is 0 Å². The van der Waals surface area contributed by atoms with Crippen LogP contribution in [0.2, 0.25) is 0 Å². The number of alkyl halides is 3. The van der Waals surface area contributed by atoms with Gasteiger partial charge in [-0.15, -0.1) is 13.2 Å². The number of amides is 1. The number of benzene rings is 1. The van der Waals surface area contributed by atoms with Crippen LogP contribution in [0, 0.1) is 5.92 Å². The molecule has 1 aromatic carbocycles. The predicted molar refractivity (Wildman–Crippen MR) is 71.1 cm³/mol. The zero-order valence-corrected chi connectivity index (χ0v) is 11.6. The Kier molecular flexibility index (Phi) is 4.72. The van der Waals surface area contributed by atoms with Gasteiger partial charge in [0.1, 0.15) is 5.75 Å². The Labute approximate surface area is 120 Å². The second-order valence-electron chi connectivity index (χ2n) is 5.04. The summed E-state index contributed by atoms with van der Waals surface area (Å²) in [7, 11) is 1.86. The van der Waals surface area contributed by atoms with Crippen LogP contribution in [0.5, 0.6) is 5.75 Å². The average Bonchev–Trinajstić information content (AvgIpc) is 2.86. The minimum Gasteiger partial charge on any atom is -0.406 e. The van der Waals surface area contributed by atoms with Crippen LogP contribution in [0.4, 0.5) is 13.2 Å². The number of hydrogen-bond acceptors (Lipinski definition) is 3. The van der Waals surface area contributed by atoms with E-state index < -0.39 is 6.36 Å². The van der Waals surface area contributed by atoms with Crippen molar-refractivity contribution in [2.75, 3.05) is 26.7 Å². The van der Waals surface area contributed by atoms with Crippen LogP contribution in [0.15, 0.2) is 24.3 Å². The lowest BCUT2D eigenvalue weighted by atomic mass is 10.1. The van der Waals surface area contributed by atoms with Crippen molar-refractivity contribution in [2.24, 2.45) is 5.92 Å². The molecule has 0 bridgehead atoms. The first kappa shape index (κ1) is 15.6. The number of carbonyl (C=O) groups excluding carboxylic acids is 1. The maximum absolute atomic E-state index is 12.2. The van der Waals surface area contributed by atoms with Crippen LogP contribution in [-0.2, 0) is 0 Å². The van der Waals surface area contributed by atoms with Gasteiger partial charge in [-0.2, -0.15) is 0 Å². The van der Waals surface area contributed by atoms with E-state index in [0.717, 1.165) is 25.1 Å². The lowest BCUT2D eigenvalue weighted by Gasteiger charge is -2.17. The molecule has 0 spiro atoms. The van der Waals surface area contributed by atoms with Gasteiger partial charge in [-0.1, -0.05) is 0 Å². The third-order valence-electron chi connectivity index (χ3n) is 3.40. The molecule has 1 unspecified atom stereocenters. The molecule has 0 aliphatic carbocycles. The smallest absolute Gasteiger partial charge is 0.406 e. The maximum Gasteiger partial charge on any atom is 0.573 e. The Balaban J connectivity index is 1.97. The number of likely N-dealkylation sites (tertiary alicyclic amines) is 1. The van der Waals surface area contributed by atoms with Crippen molar-refractivity contribution < 1.29 is 22.7 Å². The molecule has 0 radical (unpaired) electrons. The standard InChI is InChI=1S/C14H17F3N2O2/c1-18-8-10-6-7-19(9-10)13(20)11-2-4-12(5-3-11)21-14(15,16)17/h2-5,10,18H,6-9H2,1H3. The molecule has 1 saturated heterocycles. The molecule has 1 aromatic rings. The van der Waals surface area contributed by atoms with Crippen LogP contribution in [-0.4, -0.2) is 43.9 Å². The Bertz CT molecular complexity index is 488. The highest BCUT2D eigenvalue weighted by Crippen LogP contribution is 2.24. The summed E-state index contributed by atoms with van der Waals surface area (Å²) in [5.74, 6) is -0.0625. The number of rotatable bonds is 4. The molecule has 1 N–H and O–H groups in total. The van der Waals surface area contributed by atoms with Crippen molar-refractivity contribution in [3.05, 3.63) is 29.8 Å². The van der Waals surface area contributed by atoms with E-state index in [1.165, 1.54) is 12.1 Å². The van der Waals surface area contributed by atoms with E-state index in [1.54, 1.807) is 4.90 Å². The highest BCUT2D eigenvalue weighted by Gasteiger charge is 2.31. The first-order valence-electron chi connectivity index (χ1n) is 6.69.